The molecule has 0 aliphatic carbocycles. The largest absolute Gasteiger partial charge is 0.497 e. The fourth-order valence-electron chi connectivity index (χ4n) is 3.97. The molecule has 10 nitrogen and oxygen atoms in total. The fourth-order valence-corrected chi connectivity index (χ4v) is 3.97. The number of anilines is 1. The number of aromatic nitrogens is 1. The predicted octanol–water partition coefficient (Wildman–Crippen LogP) is 4.43. The van der Waals surface area contributed by atoms with Gasteiger partial charge in [0, 0.05) is 29.0 Å². The standard InChI is InChI=1S/C26H21N3O7/c1-15-22(27-25(31)17-7-6-8-18(13-17)35-2)21-9-4-5-12-28(21)23(15)24(30)16-10-11-20(29(33)34)19(14-16)26(32)36-3/h4-14H,1-3H3,(H,27,31). The van der Waals surface area contributed by atoms with Gasteiger partial charge in [-0.05, 0) is 49.4 Å². The Balaban J connectivity index is 1.80. The molecule has 0 aliphatic heterocycles. The second kappa shape index (κ2) is 9.71. The first kappa shape index (κ1) is 24.1. The molecule has 0 atom stereocenters. The van der Waals surface area contributed by atoms with Gasteiger partial charge in [-0.3, -0.25) is 19.7 Å². The van der Waals surface area contributed by atoms with E-state index in [-0.39, 0.29) is 16.8 Å². The first-order valence-corrected chi connectivity index (χ1v) is 10.7. The highest BCUT2D eigenvalue weighted by atomic mass is 16.6. The van der Waals surface area contributed by atoms with Gasteiger partial charge in [0.15, 0.2) is 0 Å². The molecule has 0 saturated heterocycles. The van der Waals surface area contributed by atoms with Crippen LogP contribution in [0.1, 0.15) is 42.3 Å². The summed E-state index contributed by atoms with van der Waals surface area (Å²) in [6.07, 6.45) is 1.67. The summed E-state index contributed by atoms with van der Waals surface area (Å²) in [4.78, 5) is 49.4. The number of nitro groups is 1. The molecule has 36 heavy (non-hydrogen) atoms. The van der Waals surface area contributed by atoms with Crippen LogP contribution in [0.2, 0.25) is 0 Å². The molecule has 2 heterocycles. The van der Waals surface area contributed by atoms with Crippen molar-refractivity contribution in [1.29, 1.82) is 0 Å². The molecule has 10 heteroatoms. The van der Waals surface area contributed by atoms with Crippen LogP contribution in [0.4, 0.5) is 11.4 Å². The van der Waals surface area contributed by atoms with Crippen molar-refractivity contribution in [3.63, 3.8) is 0 Å². The van der Waals surface area contributed by atoms with Crippen LogP contribution in [0, 0.1) is 17.0 Å². The highest BCUT2D eigenvalue weighted by molar-refractivity contribution is 6.14. The molecule has 4 aromatic rings. The number of methoxy groups -OCH3 is 2. The number of carbonyl (C=O) groups is 3. The molecule has 4 rings (SSSR count). The lowest BCUT2D eigenvalue weighted by Gasteiger charge is -2.08. The summed E-state index contributed by atoms with van der Waals surface area (Å²) in [7, 11) is 2.60. The summed E-state index contributed by atoms with van der Waals surface area (Å²) in [5, 5.41) is 14.2. The van der Waals surface area contributed by atoms with Crippen molar-refractivity contribution in [3.8, 4) is 5.75 Å². The molecule has 1 amide bonds. The van der Waals surface area contributed by atoms with Crippen LogP contribution < -0.4 is 10.1 Å². The lowest BCUT2D eigenvalue weighted by molar-refractivity contribution is -0.385. The molecule has 0 aliphatic rings. The van der Waals surface area contributed by atoms with Gasteiger partial charge in [0.25, 0.3) is 11.6 Å². The van der Waals surface area contributed by atoms with Crippen molar-refractivity contribution in [3.05, 3.63) is 105 Å². The molecule has 182 valence electrons. The average molecular weight is 487 g/mol. The van der Waals surface area contributed by atoms with Crippen molar-refractivity contribution in [2.45, 2.75) is 6.92 Å². The van der Waals surface area contributed by atoms with Gasteiger partial charge in [-0.15, -0.1) is 0 Å². The number of rotatable bonds is 7. The summed E-state index contributed by atoms with van der Waals surface area (Å²) in [5.41, 5.74) is 1.34. The summed E-state index contributed by atoms with van der Waals surface area (Å²) in [5.74, 6) is -1.29. The normalized spacial score (nSPS) is 10.6. The number of hydrogen-bond donors (Lipinski definition) is 1. The zero-order chi connectivity index (χ0) is 26.0. The summed E-state index contributed by atoms with van der Waals surface area (Å²) in [6, 6.07) is 15.4. The van der Waals surface area contributed by atoms with E-state index in [1.54, 1.807) is 60.0 Å². The average Bonchev–Trinajstić information content (AvgIpc) is 3.18. The summed E-state index contributed by atoms with van der Waals surface area (Å²) >= 11 is 0. The maximum Gasteiger partial charge on any atom is 0.344 e. The van der Waals surface area contributed by atoms with E-state index in [1.165, 1.54) is 13.2 Å². The highest BCUT2D eigenvalue weighted by Crippen LogP contribution is 2.31. The Morgan fingerprint density at radius 2 is 1.75 bits per heavy atom. The molecular formula is C26H21N3O7. The Bertz CT molecular complexity index is 1540. The van der Waals surface area contributed by atoms with Crippen molar-refractivity contribution >= 4 is 34.6 Å². The van der Waals surface area contributed by atoms with Crippen LogP contribution in [0.25, 0.3) is 5.52 Å². The van der Waals surface area contributed by atoms with Gasteiger partial charge in [-0.25, -0.2) is 4.79 Å². The van der Waals surface area contributed by atoms with Gasteiger partial charge in [-0.2, -0.15) is 0 Å². The number of ether oxygens (including phenoxy) is 2. The van der Waals surface area contributed by atoms with Crippen molar-refractivity contribution in [2.24, 2.45) is 0 Å². The van der Waals surface area contributed by atoms with E-state index < -0.39 is 28.3 Å². The molecule has 0 unspecified atom stereocenters. The van der Waals surface area contributed by atoms with Crippen LogP contribution in [0.3, 0.4) is 0 Å². The number of fused-ring (bicyclic) bond motifs is 1. The Morgan fingerprint density at radius 3 is 2.44 bits per heavy atom. The Labute approximate surface area is 205 Å². The van der Waals surface area contributed by atoms with Crippen molar-refractivity contribution in [2.75, 3.05) is 19.5 Å². The van der Waals surface area contributed by atoms with Gasteiger partial charge in [-0.1, -0.05) is 12.1 Å². The molecular weight excluding hydrogens is 466 g/mol. The molecule has 2 aromatic heterocycles. The SMILES string of the molecule is COC(=O)c1cc(C(=O)c2c(C)c(NC(=O)c3cccc(OC)c3)c3ccccn23)ccc1[N+](=O)[O-]. The van der Waals surface area contributed by atoms with Crippen molar-refractivity contribution < 1.29 is 28.8 Å². The molecule has 0 spiro atoms. The van der Waals surface area contributed by atoms with Gasteiger partial charge < -0.3 is 19.2 Å². The smallest absolute Gasteiger partial charge is 0.344 e. The second-order valence-corrected chi connectivity index (χ2v) is 7.80. The van der Waals surface area contributed by atoms with E-state index in [0.717, 1.165) is 19.2 Å². The highest BCUT2D eigenvalue weighted by Gasteiger charge is 2.27. The van der Waals surface area contributed by atoms with E-state index >= 15 is 0 Å². The summed E-state index contributed by atoms with van der Waals surface area (Å²) < 4.78 is 11.5. The lowest BCUT2D eigenvalue weighted by atomic mass is 10.0. The topological polar surface area (TPSA) is 129 Å². The van der Waals surface area contributed by atoms with E-state index in [0.29, 0.717) is 28.1 Å². The van der Waals surface area contributed by atoms with Gasteiger partial charge in [0.1, 0.15) is 11.3 Å². The second-order valence-electron chi connectivity index (χ2n) is 7.80. The number of carbonyl (C=O) groups excluding carboxylic acids is 3. The Morgan fingerprint density at radius 1 is 0.972 bits per heavy atom. The number of nitro benzene ring substituents is 1. The number of nitrogens with one attached hydrogen (secondary N) is 1. The number of esters is 1. The zero-order valence-corrected chi connectivity index (χ0v) is 19.6. The van der Waals surface area contributed by atoms with Crippen LogP contribution in [0.15, 0.2) is 66.9 Å². The van der Waals surface area contributed by atoms with Crippen LogP contribution in [-0.2, 0) is 4.74 Å². The van der Waals surface area contributed by atoms with Gasteiger partial charge in [0.05, 0.1) is 36.0 Å². The first-order valence-electron chi connectivity index (χ1n) is 10.7. The molecule has 1 N–H and O–H groups in total. The lowest BCUT2D eigenvalue weighted by Crippen LogP contribution is -2.13. The third kappa shape index (κ3) is 4.27. The fraction of sp³-hybridized carbons (Fsp3) is 0.115. The maximum atomic E-state index is 13.6. The number of pyridine rings is 1. The molecule has 0 saturated carbocycles. The Kier molecular flexibility index (Phi) is 6.51. The number of ketones is 1. The minimum atomic E-state index is -0.931. The third-order valence-corrected chi connectivity index (χ3v) is 5.73. The first-order chi connectivity index (χ1) is 17.3. The molecule has 2 aromatic carbocycles. The summed E-state index contributed by atoms with van der Waals surface area (Å²) in [6.45, 7) is 1.69. The number of hydrogen-bond acceptors (Lipinski definition) is 7. The number of nitrogens with zero attached hydrogens (tertiary/aromatic N) is 2. The van der Waals surface area contributed by atoms with E-state index in [9.17, 15) is 24.5 Å². The third-order valence-electron chi connectivity index (χ3n) is 5.73. The molecule has 0 bridgehead atoms. The Hall–Kier alpha value is -4.99. The minimum Gasteiger partial charge on any atom is -0.497 e. The molecule has 0 fully saturated rings. The predicted molar refractivity (Wildman–Crippen MR) is 131 cm³/mol. The monoisotopic (exact) mass is 487 g/mol. The molecule has 0 radical (unpaired) electrons. The van der Waals surface area contributed by atoms with Gasteiger partial charge >= 0.3 is 5.97 Å². The van der Waals surface area contributed by atoms with Crippen LogP contribution in [-0.4, -0.2) is 41.2 Å². The maximum absolute atomic E-state index is 13.6. The van der Waals surface area contributed by atoms with E-state index in [4.69, 9.17) is 4.74 Å². The number of amides is 1. The quantitative estimate of drug-likeness (QED) is 0.177. The number of benzene rings is 2. The van der Waals surface area contributed by atoms with Gasteiger partial charge in [0.2, 0.25) is 5.78 Å². The van der Waals surface area contributed by atoms with Crippen LogP contribution >= 0.6 is 0 Å². The minimum absolute atomic E-state index is 0.0537. The van der Waals surface area contributed by atoms with E-state index in [1.807, 2.05) is 0 Å². The zero-order valence-electron chi connectivity index (χ0n) is 19.6. The van der Waals surface area contributed by atoms with Crippen molar-refractivity contribution in [1.82, 2.24) is 4.40 Å². The van der Waals surface area contributed by atoms with Crippen LogP contribution in [0.5, 0.6) is 5.75 Å². The van der Waals surface area contributed by atoms with E-state index in [2.05, 4.69) is 10.1 Å².